The van der Waals surface area contributed by atoms with Crippen molar-refractivity contribution >= 4 is 15.8 Å². The first-order valence-electron chi connectivity index (χ1n) is 6.10. The van der Waals surface area contributed by atoms with Crippen molar-refractivity contribution in [1.82, 2.24) is 4.90 Å². The van der Waals surface area contributed by atoms with Crippen LogP contribution in [0.1, 0.15) is 13.3 Å². The van der Waals surface area contributed by atoms with Crippen molar-refractivity contribution in [2.45, 2.75) is 19.4 Å². The van der Waals surface area contributed by atoms with E-state index in [1.54, 1.807) is 0 Å². The molecule has 1 fully saturated rings. The maximum Gasteiger partial charge on any atom is 0.325 e. The molecule has 1 aliphatic heterocycles. The van der Waals surface area contributed by atoms with Crippen molar-refractivity contribution in [2.24, 2.45) is 0 Å². The third kappa shape index (κ3) is 4.55. The monoisotopic (exact) mass is 279 g/mol. The molecule has 1 heterocycles. The topological polar surface area (TPSA) is 72.9 Å². The highest BCUT2D eigenvalue weighted by Crippen LogP contribution is 2.09. The van der Waals surface area contributed by atoms with E-state index in [1.165, 1.54) is 7.11 Å². The molecule has 0 aromatic carbocycles. The van der Waals surface area contributed by atoms with Crippen molar-refractivity contribution in [3.05, 3.63) is 0 Å². The Labute approximate surface area is 108 Å². The van der Waals surface area contributed by atoms with Crippen molar-refractivity contribution in [3.8, 4) is 0 Å². The first-order valence-corrected chi connectivity index (χ1v) is 7.92. The molecular weight excluding hydrogens is 258 g/mol. The van der Waals surface area contributed by atoms with Gasteiger partial charge in [0.15, 0.2) is 9.84 Å². The molecule has 1 unspecified atom stereocenters. The largest absolute Gasteiger partial charge is 0.468 e. The van der Waals surface area contributed by atoms with Crippen LogP contribution in [0.15, 0.2) is 0 Å². The lowest BCUT2D eigenvalue weighted by atomic mass is 10.2. The second-order valence-corrected chi connectivity index (χ2v) is 6.61. The van der Waals surface area contributed by atoms with Gasteiger partial charge in [-0.25, -0.2) is 8.42 Å². The summed E-state index contributed by atoms with van der Waals surface area (Å²) in [6.45, 7) is 3.53. The maximum atomic E-state index is 11.6. The quantitative estimate of drug-likeness (QED) is 0.621. The standard InChI is InChI=1S/C11H21NO5S/c1-3-7-18(14,15)8-5-12-4-6-17-9-10(12)11(13)16-2/h10H,3-9H2,1-2H3. The van der Waals surface area contributed by atoms with E-state index in [-0.39, 0.29) is 24.1 Å². The lowest BCUT2D eigenvalue weighted by molar-refractivity contribution is -0.153. The van der Waals surface area contributed by atoms with Crippen LogP contribution < -0.4 is 0 Å². The molecule has 1 atom stereocenters. The highest BCUT2D eigenvalue weighted by molar-refractivity contribution is 7.91. The average Bonchev–Trinajstić information content (AvgIpc) is 2.36. The van der Waals surface area contributed by atoms with Crippen molar-refractivity contribution in [1.29, 1.82) is 0 Å². The number of carbonyl (C=O) groups is 1. The fourth-order valence-electron chi connectivity index (χ4n) is 1.93. The Morgan fingerprint density at radius 3 is 2.78 bits per heavy atom. The fraction of sp³-hybridized carbons (Fsp3) is 0.909. The molecule has 0 aromatic heterocycles. The number of morpholine rings is 1. The van der Waals surface area contributed by atoms with Gasteiger partial charge in [-0.15, -0.1) is 0 Å². The maximum absolute atomic E-state index is 11.6. The Morgan fingerprint density at radius 2 is 2.17 bits per heavy atom. The fourth-order valence-corrected chi connectivity index (χ4v) is 3.27. The van der Waals surface area contributed by atoms with E-state index in [1.807, 2.05) is 11.8 Å². The molecule has 0 amide bonds. The molecule has 0 bridgehead atoms. The van der Waals surface area contributed by atoms with E-state index in [0.29, 0.717) is 26.1 Å². The minimum absolute atomic E-state index is 0.0777. The van der Waals surface area contributed by atoms with E-state index in [4.69, 9.17) is 4.74 Å². The first kappa shape index (κ1) is 15.4. The third-order valence-corrected chi connectivity index (χ3v) is 4.75. The Balaban J connectivity index is 2.55. The van der Waals surface area contributed by atoms with Crippen molar-refractivity contribution in [2.75, 3.05) is 44.9 Å². The number of hydrogen-bond donors (Lipinski definition) is 0. The highest BCUT2D eigenvalue weighted by atomic mass is 32.2. The zero-order valence-electron chi connectivity index (χ0n) is 10.9. The van der Waals surface area contributed by atoms with Gasteiger partial charge in [-0.1, -0.05) is 6.92 Å². The van der Waals surface area contributed by atoms with Gasteiger partial charge >= 0.3 is 5.97 Å². The Kier molecular flexibility index (Phi) is 6.04. The van der Waals surface area contributed by atoms with Gasteiger partial charge in [0.2, 0.25) is 0 Å². The Morgan fingerprint density at radius 1 is 1.44 bits per heavy atom. The molecule has 0 spiro atoms. The number of hydrogen-bond acceptors (Lipinski definition) is 6. The van der Waals surface area contributed by atoms with Crippen LogP contribution in [0.4, 0.5) is 0 Å². The summed E-state index contributed by atoms with van der Waals surface area (Å²) in [5.41, 5.74) is 0. The van der Waals surface area contributed by atoms with Crippen molar-refractivity contribution in [3.63, 3.8) is 0 Å². The minimum atomic E-state index is -3.02. The van der Waals surface area contributed by atoms with E-state index in [0.717, 1.165) is 0 Å². The van der Waals surface area contributed by atoms with Crippen LogP contribution in [-0.4, -0.2) is 70.2 Å². The molecule has 0 saturated carbocycles. The molecule has 106 valence electrons. The number of nitrogens with zero attached hydrogens (tertiary/aromatic N) is 1. The van der Waals surface area contributed by atoms with Gasteiger partial charge < -0.3 is 9.47 Å². The van der Waals surface area contributed by atoms with E-state index in [9.17, 15) is 13.2 Å². The van der Waals surface area contributed by atoms with Gasteiger partial charge in [0, 0.05) is 18.8 Å². The molecule has 7 heteroatoms. The van der Waals surface area contributed by atoms with Crippen LogP contribution in [0, 0.1) is 0 Å². The second kappa shape index (κ2) is 7.06. The van der Waals surface area contributed by atoms with Gasteiger partial charge in [-0.3, -0.25) is 9.69 Å². The number of ether oxygens (including phenoxy) is 2. The zero-order valence-corrected chi connectivity index (χ0v) is 11.7. The van der Waals surface area contributed by atoms with Crippen LogP contribution in [0.3, 0.4) is 0 Å². The Bertz CT molecular complexity index is 368. The number of rotatable bonds is 6. The van der Waals surface area contributed by atoms with Crippen LogP contribution in [-0.2, 0) is 24.1 Å². The average molecular weight is 279 g/mol. The van der Waals surface area contributed by atoms with Gasteiger partial charge in [-0.2, -0.15) is 0 Å². The molecular formula is C11H21NO5S. The lowest BCUT2D eigenvalue weighted by Gasteiger charge is -2.33. The summed E-state index contributed by atoms with van der Waals surface area (Å²) in [7, 11) is -1.70. The van der Waals surface area contributed by atoms with Crippen molar-refractivity contribution < 1.29 is 22.7 Å². The summed E-state index contributed by atoms with van der Waals surface area (Å²) < 4.78 is 33.2. The Hall–Kier alpha value is -0.660. The summed E-state index contributed by atoms with van der Waals surface area (Å²) in [5.74, 6) is -0.100. The third-order valence-electron chi connectivity index (χ3n) is 2.92. The zero-order chi connectivity index (χ0) is 13.6. The van der Waals surface area contributed by atoms with E-state index < -0.39 is 15.9 Å². The second-order valence-electron chi connectivity index (χ2n) is 4.30. The van der Waals surface area contributed by atoms with Crippen LogP contribution >= 0.6 is 0 Å². The number of methoxy groups -OCH3 is 1. The molecule has 0 aromatic rings. The van der Waals surface area contributed by atoms with Crippen LogP contribution in [0.5, 0.6) is 0 Å². The predicted octanol–water partition coefficient (Wildman–Crippen LogP) is -0.315. The lowest BCUT2D eigenvalue weighted by Crippen LogP contribution is -2.51. The van der Waals surface area contributed by atoms with Crippen LogP contribution in [0.2, 0.25) is 0 Å². The smallest absolute Gasteiger partial charge is 0.325 e. The first-order chi connectivity index (χ1) is 8.50. The van der Waals surface area contributed by atoms with Gasteiger partial charge in [0.05, 0.1) is 26.1 Å². The summed E-state index contributed by atoms with van der Waals surface area (Å²) in [6.07, 6.45) is 0.617. The summed E-state index contributed by atoms with van der Waals surface area (Å²) in [5, 5.41) is 0. The molecule has 18 heavy (non-hydrogen) atoms. The van der Waals surface area contributed by atoms with E-state index in [2.05, 4.69) is 4.74 Å². The highest BCUT2D eigenvalue weighted by Gasteiger charge is 2.30. The van der Waals surface area contributed by atoms with Gasteiger partial charge in [-0.05, 0) is 6.42 Å². The van der Waals surface area contributed by atoms with Gasteiger partial charge in [0.1, 0.15) is 6.04 Å². The SMILES string of the molecule is CCCS(=O)(=O)CCN1CCOCC1C(=O)OC. The number of sulfone groups is 1. The summed E-state index contributed by atoms with van der Waals surface area (Å²) in [6, 6.07) is -0.486. The normalized spacial score (nSPS) is 21.8. The van der Waals surface area contributed by atoms with Crippen LogP contribution in [0.25, 0.3) is 0 Å². The predicted molar refractivity (Wildman–Crippen MR) is 67.1 cm³/mol. The number of esters is 1. The molecule has 0 aliphatic carbocycles. The molecule has 1 saturated heterocycles. The van der Waals surface area contributed by atoms with E-state index >= 15 is 0 Å². The molecule has 1 aliphatic rings. The minimum Gasteiger partial charge on any atom is -0.468 e. The molecule has 0 radical (unpaired) electrons. The molecule has 6 nitrogen and oxygen atoms in total. The summed E-state index contributed by atoms with van der Waals surface area (Å²) in [4.78, 5) is 13.4. The molecule has 0 N–H and O–H groups in total. The molecule has 1 rings (SSSR count). The summed E-state index contributed by atoms with van der Waals surface area (Å²) >= 11 is 0. The number of carbonyl (C=O) groups excluding carboxylic acids is 1. The van der Waals surface area contributed by atoms with Gasteiger partial charge in [0.25, 0.3) is 0 Å².